The zero-order valence-corrected chi connectivity index (χ0v) is 17.5. The number of thioether (sulfide) groups is 1. The second kappa shape index (κ2) is 8.23. The Bertz CT molecular complexity index is 1170. The Morgan fingerprint density at radius 3 is 2.83 bits per heavy atom. The highest BCUT2D eigenvalue weighted by atomic mass is 32.2. The molecule has 9 heteroatoms. The predicted molar refractivity (Wildman–Crippen MR) is 115 cm³/mol. The number of thiazole rings is 1. The molecule has 0 atom stereocenters. The van der Waals surface area contributed by atoms with Gasteiger partial charge in [-0.05, 0) is 24.3 Å². The lowest BCUT2D eigenvalue weighted by molar-refractivity contribution is -0.130. The Balaban J connectivity index is 1.13. The fourth-order valence-corrected chi connectivity index (χ4v) is 5.07. The van der Waals surface area contributed by atoms with Gasteiger partial charge >= 0.3 is 0 Å². The number of hydrogen-bond donors (Lipinski definition) is 0. The van der Waals surface area contributed by atoms with E-state index in [1.54, 1.807) is 6.07 Å². The first-order valence-electron chi connectivity index (χ1n) is 9.63. The van der Waals surface area contributed by atoms with E-state index < -0.39 is 0 Å². The standard InChI is InChI=1S/C21H18FN3O3S2/c22-14-4-3-7-17-19(14)24-21(30-17)27-13-8-10-25(11-9-13)18(26)12-29-20-23-15-5-1-2-6-16(15)28-20/h1-7,13H,8-12H2. The molecular formula is C21H18FN3O3S2. The first kappa shape index (κ1) is 19.3. The van der Waals surface area contributed by atoms with Crippen LogP contribution in [-0.4, -0.2) is 45.7 Å². The Hall–Kier alpha value is -2.65. The van der Waals surface area contributed by atoms with Crippen molar-refractivity contribution < 1.29 is 18.3 Å². The fourth-order valence-electron chi connectivity index (χ4n) is 3.44. The molecule has 1 saturated heterocycles. The highest BCUT2D eigenvalue weighted by Gasteiger charge is 2.25. The molecule has 30 heavy (non-hydrogen) atoms. The van der Waals surface area contributed by atoms with Crippen LogP contribution < -0.4 is 4.74 Å². The first-order chi connectivity index (χ1) is 14.7. The number of piperidine rings is 1. The van der Waals surface area contributed by atoms with Crippen LogP contribution in [0.5, 0.6) is 5.19 Å². The summed E-state index contributed by atoms with van der Waals surface area (Å²) < 4.78 is 26.2. The van der Waals surface area contributed by atoms with Crippen molar-refractivity contribution in [2.24, 2.45) is 0 Å². The fraction of sp³-hybridized carbons (Fsp3) is 0.286. The van der Waals surface area contributed by atoms with E-state index in [9.17, 15) is 9.18 Å². The number of benzene rings is 2. The molecule has 0 radical (unpaired) electrons. The monoisotopic (exact) mass is 443 g/mol. The van der Waals surface area contributed by atoms with Gasteiger partial charge in [0.15, 0.2) is 5.58 Å². The molecule has 2 aromatic carbocycles. The summed E-state index contributed by atoms with van der Waals surface area (Å²) in [7, 11) is 0. The van der Waals surface area contributed by atoms with Crippen molar-refractivity contribution in [1.29, 1.82) is 0 Å². The Morgan fingerprint density at radius 2 is 2.03 bits per heavy atom. The van der Waals surface area contributed by atoms with Crippen LogP contribution in [0.1, 0.15) is 12.8 Å². The van der Waals surface area contributed by atoms with Crippen LogP contribution >= 0.6 is 23.1 Å². The van der Waals surface area contributed by atoms with Gasteiger partial charge in [0.25, 0.3) is 10.4 Å². The maximum atomic E-state index is 13.8. The van der Waals surface area contributed by atoms with Gasteiger partial charge in [-0.3, -0.25) is 4.79 Å². The molecule has 6 nitrogen and oxygen atoms in total. The molecule has 0 saturated carbocycles. The van der Waals surface area contributed by atoms with E-state index in [-0.39, 0.29) is 23.6 Å². The number of carbonyl (C=O) groups excluding carboxylic acids is 1. The molecule has 3 heterocycles. The number of hydrogen-bond acceptors (Lipinski definition) is 7. The molecular weight excluding hydrogens is 425 g/mol. The number of fused-ring (bicyclic) bond motifs is 2. The van der Waals surface area contributed by atoms with Crippen molar-refractivity contribution >= 4 is 50.3 Å². The number of halogens is 1. The van der Waals surface area contributed by atoms with Gasteiger partial charge in [0.1, 0.15) is 23.0 Å². The predicted octanol–water partition coefficient (Wildman–Crippen LogP) is 4.74. The number of likely N-dealkylation sites (tertiary alicyclic amines) is 1. The van der Waals surface area contributed by atoms with Gasteiger partial charge < -0.3 is 14.1 Å². The van der Waals surface area contributed by atoms with E-state index >= 15 is 0 Å². The molecule has 4 aromatic rings. The van der Waals surface area contributed by atoms with Crippen LogP contribution in [-0.2, 0) is 4.79 Å². The molecule has 1 fully saturated rings. The third kappa shape index (κ3) is 3.99. The normalized spacial score (nSPS) is 15.2. The van der Waals surface area contributed by atoms with Crippen LogP contribution in [0.2, 0.25) is 0 Å². The van der Waals surface area contributed by atoms with Gasteiger partial charge in [-0.15, -0.1) is 0 Å². The number of amides is 1. The Labute approximate surface area is 180 Å². The lowest BCUT2D eigenvalue weighted by Crippen LogP contribution is -2.42. The third-order valence-corrected chi connectivity index (χ3v) is 6.73. The summed E-state index contributed by atoms with van der Waals surface area (Å²) in [5.74, 6) is 0.00777. The summed E-state index contributed by atoms with van der Waals surface area (Å²) in [5.41, 5.74) is 1.86. The maximum Gasteiger partial charge on any atom is 0.274 e. The summed E-state index contributed by atoms with van der Waals surface area (Å²) in [6, 6.07) is 12.4. The number of carbonyl (C=O) groups is 1. The quantitative estimate of drug-likeness (QED) is 0.415. The van der Waals surface area contributed by atoms with Crippen molar-refractivity contribution in [2.45, 2.75) is 24.2 Å². The smallest absolute Gasteiger partial charge is 0.274 e. The number of rotatable bonds is 5. The van der Waals surface area contributed by atoms with E-state index in [0.29, 0.717) is 29.0 Å². The van der Waals surface area contributed by atoms with Gasteiger partial charge in [0.2, 0.25) is 5.91 Å². The molecule has 1 aliphatic heterocycles. The molecule has 0 bridgehead atoms. The lowest BCUT2D eigenvalue weighted by Gasteiger charge is -2.31. The summed E-state index contributed by atoms with van der Waals surface area (Å²) in [6.07, 6.45) is 1.41. The zero-order chi connectivity index (χ0) is 20.5. The number of para-hydroxylation sites is 3. The molecule has 154 valence electrons. The van der Waals surface area contributed by atoms with E-state index in [0.717, 1.165) is 28.6 Å². The minimum absolute atomic E-state index is 0.0256. The summed E-state index contributed by atoms with van der Waals surface area (Å²) in [6.45, 7) is 1.24. The molecule has 0 spiro atoms. The second-order valence-electron chi connectivity index (χ2n) is 7.00. The van der Waals surface area contributed by atoms with E-state index in [2.05, 4.69) is 9.97 Å². The van der Waals surface area contributed by atoms with Crippen molar-refractivity contribution in [1.82, 2.24) is 14.9 Å². The lowest BCUT2D eigenvalue weighted by atomic mass is 10.1. The molecule has 1 aliphatic rings. The molecule has 0 aliphatic carbocycles. The highest BCUT2D eigenvalue weighted by Crippen LogP contribution is 2.31. The maximum absolute atomic E-state index is 13.8. The van der Waals surface area contributed by atoms with E-state index in [4.69, 9.17) is 9.15 Å². The Kier molecular flexibility index (Phi) is 5.30. The third-order valence-electron chi connectivity index (χ3n) is 5.01. The topological polar surface area (TPSA) is 68.5 Å². The van der Waals surface area contributed by atoms with Crippen LogP contribution in [0.4, 0.5) is 4.39 Å². The number of aromatic nitrogens is 2. The number of ether oxygens (including phenoxy) is 1. The van der Waals surface area contributed by atoms with Crippen LogP contribution in [0.15, 0.2) is 52.1 Å². The summed E-state index contributed by atoms with van der Waals surface area (Å²) in [5, 5.41) is 0.984. The minimum atomic E-state index is -0.338. The largest absolute Gasteiger partial charge is 0.467 e. The van der Waals surface area contributed by atoms with Gasteiger partial charge in [0.05, 0.1) is 10.5 Å². The SMILES string of the molecule is O=C(CSc1nc2ccccc2o1)N1CCC(Oc2nc3c(F)cccc3s2)CC1. The summed E-state index contributed by atoms with van der Waals surface area (Å²) in [4.78, 5) is 23.0. The van der Waals surface area contributed by atoms with Gasteiger partial charge in [-0.2, -0.15) is 4.98 Å². The average Bonchev–Trinajstić information content (AvgIpc) is 3.36. The number of nitrogens with zero attached hydrogens (tertiary/aromatic N) is 3. The zero-order valence-electron chi connectivity index (χ0n) is 15.9. The molecule has 5 rings (SSSR count). The summed E-state index contributed by atoms with van der Waals surface area (Å²) >= 11 is 2.66. The molecule has 0 unspecified atom stereocenters. The van der Waals surface area contributed by atoms with Gasteiger partial charge in [-0.25, -0.2) is 9.37 Å². The van der Waals surface area contributed by atoms with Crippen molar-refractivity contribution in [3.8, 4) is 5.19 Å². The van der Waals surface area contributed by atoms with Crippen molar-refractivity contribution in [3.63, 3.8) is 0 Å². The van der Waals surface area contributed by atoms with Gasteiger partial charge in [0, 0.05) is 25.9 Å². The van der Waals surface area contributed by atoms with Crippen LogP contribution in [0, 0.1) is 5.82 Å². The molecule has 1 amide bonds. The minimum Gasteiger partial charge on any atom is -0.467 e. The van der Waals surface area contributed by atoms with Crippen molar-refractivity contribution in [3.05, 3.63) is 48.3 Å². The second-order valence-corrected chi connectivity index (χ2v) is 8.92. The van der Waals surface area contributed by atoms with Gasteiger partial charge in [-0.1, -0.05) is 41.3 Å². The molecule has 0 N–H and O–H groups in total. The highest BCUT2D eigenvalue weighted by molar-refractivity contribution is 7.99. The van der Waals surface area contributed by atoms with E-state index in [1.165, 1.54) is 29.2 Å². The van der Waals surface area contributed by atoms with Crippen LogP contribution in [0.3, 0.4) is 0 Å². The Morgan fingerprint density at radius 1 is 1.20 bits per heavy atom. The average molecular weight is 444 g/mol. The van der Waals surface area contributed by atoms with E-state index in [1.807, 2.05) is 35.2 Å². The number of oxazole rings is 1. The molecule has 2 aromatic heterocycles. The van der Waals surface area contributed by atoms with Crippen molar-refractivity contribution in [2.75, 3.05) is 18.8 Å². The van der Waals surface area contributed by atoms with Crippen LogP contribution in [0.25, 0.3) is 21.3 Å². The first-order valence-corrected chi connectivity index (χ1v) is 11.4.